The Balaban J connectivity index is 1.56. The van der Waals surface area contributed by atoms with Gasteiger partial charge in [-0.05, 0) is 37.4 Å². The van der Waals surface area contributed by atoms with Gasteiger partial charge in [0.2, 0.25) is 5.95 Å². The normalized spacial score (nSPS) is 15.4. The van der Waals surface area contributed by atoms with E-state index >= 15 is 0 Å². The van der Waals surface area contributed by atoms with Gasteiger partial charge >= 0.3 is 0 Å². The topological polar surface area (TPSA) is 75.2 Å². The Labute approximate surface area is 203 Å². The molecule has 1 aliphatic rings. The Morgan fingerprint density at radius 2 is 1.97 bits per heavy atom. The average Bonchev–Trinajstić information content (AvgIpc) is 3.31. The van der Waals surface area contributed by atoms with Crippen LogP contribution in [-0.2, 0) is 4.74 Å². The first-order chi connectivity index (χ1) is 16.1. The van der Waals surface area contributed by atoms with Crippen LogP contribution in [0.15, 0.2) is 52.5 Å². The predicted octanol–water partition coefficient (Wildman–Crippen LogP) is 6.03. The number of pyridine rings is 1. The smallest absolute Gasteiger partial charge is 0.229 e. The fourth-order valence-electron chi connectivity index (χ4n) is 3.52. The number of nitrogens with one attached hydrogen (secondary N) is 2. The van der Waals surface area contributed by atoms with Crippen molar-refractivity contribution in [2.75, 3.05) is 41.8 Å². The number of hydrogen-bond acceptors (Lipinski definition) is 9. The number of anilines is 4. The van der Waals surface area contributed by atoms with Crippen LogP contribution in [-0.4, -0.2) is 46.5 Å². The van der Waals surface area contributed by atoms with Crippen LogP contribution in [0.5, 0.6) is 0 Å². The summed E-state index contributed by atoms with van der Waals surface area (Å²) in [5, 5.41) is 9.40. The molecule has 4 heterocycles. The molecule has 174 valence electrons. The summed E-state index contributed by atoms with van der Waals surface area (Å²) in [6.07, 6.45) is 6.06. The van der Waals surface area contributed by atoms with Crippen molar-refractivity contribution < 1.29 is 4.74 Å². The lowest BCUT2D eigenvalue weighted by molar-refractivity contribution is 0.122. The maximum absolute atomic E-state index is 5.43. The number of thioether (sulfide) groups is 1. The molecule has 7 nitrogen and oxygen atoms in total. The third-order valence-electron chi connectivity index (χ3n) is 5.07. The summed E-state index contributed by atoms with van der Waals surface area (Å²) >= 11 is 3.47. The zero-order valence-electron chi connectivity index (χ0n) is 19.5. The number of thiophene rings is 1. The van der Waals surface area contributed by atoms with Crippen molar-refractivity contribution >= 4 is 56.6 Å². The van der Waals surface area contributed by atoms with E-state index in [-0.39, 0.29) is 0 Å². The van der Waals surface area contributed by atoms with E-state index in [1.165, 1.54) is 4.91 Å². The summed E-state index contributed by atoms with van der Waals surface area (Å²) < 4.78 is 6.46. The molecule has 0 saturated carbocycles. The summed E-state index contributed by atoms with van der Waals surface area (Å²) in [4.78, 5) is 17.6. The molecule has 0 spiro atoms. The first kappa shape index (κ1) is 23.5. The van der Waals surface area contributed by atoms with Gasteiger partial charge in [0.05, 0.1) is 35.3 Å². The molecular formula is C24H30N6OS2. The molecule has 0 amide bonds. The standard InChI is InChI=1S/C24H30N6OS2/c1-5-18(20(6-2)33-16(3)4)27-23-22-19(9-14-32-22)28-24(29-23)26-17-7-8-21(25-15-17)30-10-12-31-13-11-30/h5-9,14-16H,10-13H2,1-4H3,(H2,26,27,28,29)/b18-5+,20-6+. The predicted molar refractivity (Wildman–Crippen MR) is 142 cm³/mol. The van der Waals surface area contributed by atoms with Crippen LogP contribution in [0.2, 0.25) is 0 Å². The second kappa shape index (κ2) is 11.0. The molecule has 33 heavy (non-hydrogen) atoms. The number of fused-ring (bicyclic) bond motifs is 1. The molecule has 1 saturated heterocycles. The van der Waals surface area contributed by atoms with Gasteiger partial charge in [0, 0.05) is 28.9 Å². The van der Waals surface area contributed by atoms with Crippen LogP contribution in [0.1, 0.15) is 27.7 Å². The second-order valence-corrected chi connectivity index (χ2v) is 10.3. The van der Waals surface area contributed by atoms with Crippen molar-refractivity contribution in [2.45, 2.75) is 32.9 Å². The van der Waals surface area contributed by atoms with Crippen molar-refractivity contribution in [1.29, 1.82) is 0 Å². The minimum Gasteiger partial charge on any atom is -0.378 e. The summed E-state index contributed by atoms with van der Waals surface area (Å²) in [6.45, 7) is 11.7. The van der Waals surface area contributed by atoms with Gasteiger partial charge in [-0.25, -0.2) is 9.97 Å². The highest BCUT2D eigenvalue weighted by Gasteiger charge is 2.15. The van der Waals surface area contributed by atoms with Gasteiger partial charge in [0.15, 0.2) is 5.82 Å². The van der Waals surface area contributed by atoms with Crippen molar-refractivity contribution in [3.05, 3.63) is 52.5 Å². The van der Waals surface area contributed by atoms with Gasteiger partial charge in [-0.1, -0.05) is 26.0 Å². The summed E-state index contributed by atoms with van der Waals surface area (Å²) in [6, 6.07) is 6.06. The van der Waals surface area contributed by atoms with E-state index in [1.54, 1.807) is 11.3 Å². The number of nitrogens with zero attached hydrogens (tertiary/aromatic N) is 4. The maximum atomic E-state index is 5.43. The fourth-order valence-corrected chi connectivity index (χ4v) is 5.23. The lowest BCUT2D eigenvalue weighted by atomic mass is 10.3. The average molecular weight is 483 g/mol. The number of morpholine rings is 1. The third-order valence-corrected chi connectivity index (χ3v) is 7.17. The van der Waals surface area contributed by atoms with Crippen LogP contribution in [0.25, 0.3) is 10.2 Å². The van der Waals surface area contributed by atoms with Gasteiger partial charge in [-0.2, -0.15) is 4.98 Å². The second-order valence-electron chi connectivity index (χ2n) is 7.81. The van der Waals surface area contributed by atoms with Gasteiger partial charge < -0.3 is 20.3 Å². The Kier molecular flexibility index (Phi) is 7.85. The zero-order chi connectivity index (χ0) is 23.2. The van der Waals surface area contributed by atoms with Gasteiger partial charge in [0.25, 0.3) is 0 Å². The molecule has 1 fully saturated rings. The van der Waals surface area contributed by atoms with E-state index in [4.69, 9.17) is 14.7 Å². The maximum Gasteiger partial charge on any atom is 0.229 e. The summed E-state index contributed by atoms with van der Waals surface area (Å²) in [5.41, 5.74) is 2.81. The molecule has 0 atom stereocenters. The lowest BCUT2D eigenvalue weighted by Crippen LogP contribution is -2.36. The highest BCUT2D eigenvalue weighted by Crippen LogP contribution is 2.33. The third kappa shape index (κ3) is 5.85. The Bertz CT molecular complexity index is 1130. The summed E-state index contributed by atoms with van der Waals surface area (Å²) in [5.74, 6) is 2.30. The van der Waals surface area contributed by atoms with Crippen molar-refractivity contribution in [3.8, 4) is 0 Å². The van der Waals surface area contributed by atoms with Gasteiger partial charge in [0.1, 0.15) is 5.82 Å². The van der Waals surface area contributed by atoms with Crippen molar-refractivity contribution in [1.82, 2.24) is 15.0 Å². The largest absolute Gasteiger partial charge is 0.378 e. The molecule has 2 N–H and O–H groups in total. The van der Waals surface area contributed by atoms with E-state index in [1.807, 2.05) is 48.5 Å². The molecule has 9 heteroatoms. The number of ether oxygens (including phenoxy) is 1. The van der Waals surface area contributed by atoms with E-state index in [0.717, 1.165) is 59.5 Å². The zero-order valence-corrected chi connectivity index (χ0v) is 21.1. The number of aromatic nitrogens is 3. The Morgan fingerprint density at radius 3 is 2.64 bits per heavy atom. The monoisotopic (exact) mass is 482 g/mol. The molecule has 0 aliphatic carbocycles. The first-order valence-corrected chi connectivity index (χ1v) is 12.9. The van der Waals surface area contributed by atoms with E-state index in [9.17, 15) is 0 Å². The molecular weight excluding hydrogens is 452 g/mol. The minimum absolute atomic E-state index is 0.491. The fraction of sp³-hybridized carbons (Fsp3) is 0.375. The molecule has 3 aromatic rings. The van der Waals surface area contributed by atoms with Crippen molar-refractivity contribution in [3.63, 3.8) is 0 Å². The molecule has 0 unspecified atom stereocenters. The van der Waals surface area contributed by atoms with Crippen LogP contribution >= 0.6 is 23.1 Å². The minimum atomic E-state index is 0.491. The number of allylic oxidation sites excluding steroid dienone is 2. The Morgan fingerprint density at radius 1 is 1.15 bits per heavy atom. The van der Waals surface area contributed by atoms with E-state index < -0.39 is 0 Å². The molecule has 0 bridgehead atoms. The highest BCUT2D eigenvalue weighted by molar-refractivity contribution is 8.03. The van der Waals surface area contributed by atoms with Gasteiger partial charge in [-0.3, -0.25) is 0 Å². The Hall–Kier alpha value is -2.62. The molecule has 0 radical (unpaired) electrons. The number of hydrogen-bond donors (Lipinski definition) is 2. The SMILES string of the molecule is C/C=C(Nc1nc(Nc2ccc(N3CCOCC3)nc2)nc2ccsc12)\C(=C/C)SC(C)C. The van der Waals surface area contributed by atoms with Crippen LogP contribution in [0.4, 0.5) is 23.3 Å². The molecule has 0 aromatic carbocycles. The summed E-state index contributed by atoms with van der Waals surface area (Å²) in [7, 11) is 0. The quantitative estimate of drug-likeness (QED) is 0.377. The lowest BCUT2D eigenvalue weighted by Gasteiger charge is -2.27. The van der Waals surface area contributed by atoms with Crippen molar-refractivity contribution in [2.24, 2.45) is 0 Å². The molecule has 1 aliphatic heterocycles. The number of rotatable bonds is 8. The highest BCUT2D eigenvalue weighted by atomic mass is 32.2. The first-order valence-electron chi connectivity index (χ1n) is 11.1. The van der Waals surface area contributed by atoms with Crippen LogP contribution < -0.4 is 15.5 Å². The molecule has 4 rings (SSSR count). The van der Waals surface area contributed by atoms with E-state index in [0.29, 0.717) is 11.2 Å². The van der Waals surface area contributed by atoms with Crippen LogP contribution in [0, 0.1) is 0 Å². The van der Waals surface area contributed by atoms with Crippen LogP contribution in [0.3, 0.4) is 0 Å². The van der Waals surface area contributed by atoms with E-state index in [2.05, 4.69) is 53.4 Å². The van der Waals surface area contributed by atoms with Gasteiger partial charge in [-0.15, -0.1) is 23.1 Å². The molecule has 3 aromatic heterocycles.